The molecule has 0 heterocycles. The van der Waals surface area contributed by atoms with Gasteiger partial charge in [0.05, 0.1) is 16.2 Å². The van der Waals surface area contributed by atoms with Crippen molar-refractivity contribution in [3.05, 3.63) is 64.2 Å². The van der Waals surface area contributed by atoms with Gasteiger partial charge in [0.15, 0.2) is 0 Å². The molecule has 0 unspecified atom stereocenters. The maximum atomic E-state index is 11.9. The molecule has 0 aliphatic carbocycles. The van der Waals surface area contributed by atoms with Crippen LogP contribution in [0.5, 0.6) is 5.75 Å². The van der Waals surface area contributed by atoms with Crippen molar-refractivity contribution in [2.45, 2.75) is 4.90 Å². The van der Waals surface area contributed by atoms with Crippen LogP contribution in [0, 0.1) is 10.1 Å². The maximum Gasteiger partial charge on any atom is 0.352 e. The summed E-state index contributed by atoms with van der Waals surface area (Å²) >= 11 is 3.39. The fourth-order valence-electron chi connectivity index (χ4n) is 2.68. The molecule has 0 spiro atoms. The van der Waals surface area contributed by atoms with Gasteiger partial charge in [-0.2, -0.15) is 8.42 Å². The number of rotatable bonds is 5. The van der Waals surface area contributed by atoms with Gasteiger partial charge in [-0.05, 0) is 24.3 Å². The lowest BCUT2D eigenvalue weighted by molar-refractivity contribution is -0.384. The number of benzene rings is 3. The first-order chi connectivity index (χ1) is 14.1. The molecule has 0 amide bonds. The van der Waals surface area contributed by atoms with E-state index in [1.807, 2.05) is 0 Å². The van der Waals surface area contributed by atoms with Crippen LogP contribution in [0.4, 0.5) is 17.1 Å². The van der Waals surface area contributed by atoms with Crippen LogP contribution in [0.25, 0.3) is 10.8 Å². The minimum Gasteiger partial charge on any atom is -0.507 e. The van der Waals surface area contributed by atoms with Crippen LogP contribution in [0.3, 0.4) is 0 Å². The Bertz CT molecular complexity index is 1320. The van der Waals surface area contributed by atoms with E-state index in [9.17, 15) is 33.0 Å². The van der Waals surface area contributed by atoms with E-state index in [0.717, 1.165) is 24.3 Å². The summed E-state index contributed by atoms with van der Waals surface area (Å²) < 4.78 is 37.3. The largest absolute Gasteiger partial charge is 0.507 e. The predicted octanol–water partition coefficient (Wildman–Crippen LogP) is 4.12. The number of aromatic hydroxyl groups is 1. The van der Waals surface area contributed by atoms with E-state index < -0.39 is 31.6 Å². The molecule has 0 fully saturated rings. The van der Waals surface area contributed by atoms with E-state index in [-0.39, 0.29) is 33.5 Å². The van der Waals surface area contributed by atoms with Gasteiger partial charge in [-0.15, -0.1) is 10.2 Å². The number of non-ortho nitro benzene ring substituents is 1. The lowest BCUT2D eigenvalue weighted by Crippen LogP contribution is -2.00. The van der Waals surface area contributed by atoms with Gasteiger partial charge in [0.1, 0.15) is 16.3 Å². The molecule has 154 valence electrons. The number of fused-ring (bicyclic) bond motifs is 1. The van der Waals surface area contributed by atoms with Gasteiger partial charge in [-0.25, -0.2) is 4.79 Å². The quantitative estimate of drug-likeness (QED) is 0.130. The Morgan fingerprint density at radius 1 is 1.10 bits per heavy atom. The number of hydrogen-bond acceptors (Lipinski definition) is 10. The van der Waals surface area contributed by atoms with E-state index in [4.69, 9.17) is 0 Å². The SMILES string of the molecule is O=C(OS)c1cc([N+](=O)[O-])ccc1N=Nc1ccc(O)c2cccc(S(=O)(=O)O)c12. The first-order valence-electron chi connectivity index (χ1n) is 7.91. The normalized spacial score (nSPS) is 11.7. The number of hydrogen-bond donors (Lipinski definition) is 3. The summed E-state index contributed by atoms with van der Waals surface area (Å²) in [6.07, 6.45) is 0. The van der Waals surface area contributed by atoms with Gasteiger partial charge < -0.3 is 9.29 Å². The second-order valence-electron chi connectivity index (χ2n) is 5.79. The molecule has 3 rings (SSSR count). The first-order valence-corrected chi connectivity index (χ1v) is 9.72. The number of phenols is 1. The summed E-state index contributed by atoms with van der Waals surface area (Å²) in [5, 5.41) is 28.7. The van der Waals surface area contributed by atoms with Crippen molar-refractivity contribution in [3.63, 3.8) is 0 Å². The number of carbonyl (C=O) groups excluding carboxylic acids is 1. The van der Waals surface area contributed by atoms with Gasteiger partial charge in [-0.1, -0.05) is 12.1 Å². The topological polar surface area (TPSA) is 169 Å². The molecule has 0 radical (unpaired) electrons. The Kier molecular flexibility index (Phi) is 5.69. The molecule has 0 bridgehead atoms. The number of nitro benzene ring substituents is 1. The van der Waals surface area contributed by atoms with Crippen molar-refractivity contribution >= 4 is 56.8 Å². The van der Waals surface area contributed by atoms with Gasteiger partial charge in [0.25, 0.3) is 15.8 Å². The smallest absolute Gasteiger partial charge is 0.352 e. The van der Waals surface area contributed by atoms with Crippen molar-refractivity contribution in [2.24, 2.45) is 10.2 Å². The lowest BCUT2D eigenvalue weighted by Gasteiger charge is -2.08. The summed E-state index contributed by atoms with van der Waals surface area (Å²) in [5.41, 5.74) is -0.878. The Morgan fingerprint density at radius 2 is 1.77 bits per heavy atom. The van der Waals surface area contributed by atoms with Crippen molar-refractivity contribution < 1.29 is 32.0 Å². The van der Waals surface area contributed by atoms with Gasteiger partial charge in [0, 0.05) is 35.8 Å². The molecule has 0 aliphatic rings. The zero-order chi connectivity index (χ0) is 22.1. The molecule has 0 saturated carbocycles. The minimum atomic E-state index is -4.66. The predicted molar refractivity (Wildman–Crippen MR) is 107 cm³/mol. The molecular formula is C17H11N3O8S2. The fraction of sp³-hybridized carbons (Fsp3) is 0. The molecular weight excluding hydrogens is 438 g/mol. The minimum absolute atomic E-state index is 0.0560. The number of nitro groups is 1. The molecule has 3 aromatic carbocycles. The van der Waals surface area contributed by atoms with Crippen LogP contribution < -0.4 is 0 Å². The Morgan fingerprint density at radius 3 is 2.40 bits per heavy atom. The van der Waals surface area contributed by atoms with Crippen LogP contribution in [0.2, 0.25) is 0 Å². The van der Waals surface area contributed by atoms with Crippen LogP contribution in [-0.4, -0.2) is 29.0 Å². The molecule has 3 aromatic rings. The average molecular weight is 449 g/mol. The zero-order valence-electron chi connectivity index (χ0n) is 14.7. The highest BCUT2D eigenvalue weighted by atomic mass is 32.2. The number of phenolic OH excluding ortho intramolecular Hbond substituents is 1. The van der Waals surface area contributed by atoms with Crippen molar-refractivity contribution in [1.82, 2.24) is 0 Å². The third-order valence-corrected chi connectivity index (χ3v) is 5.06. The van der Waals surface area contributed by atoms with Crippen LogP contribution in [0.15, 0.2) is 63.7 Å². The number of azo groups is 1. The lowest BCUT2D eigenvalue weighted by atomic mass is 10.1. The molecule has 11 nitrogen and oxygen atoms in total. The molecule has 13 heteroatoms. The van der Waals surface area contributed by atoms with Gasteiger partial charge in [-0.3, -0.25) is 14.7 Å². The van der Waals surface area contributed by atoms with E-state index in [1.54, 1.807) is 0 Å². The maximum absolute atomic E-state index is 11.9. The fourth-order valence-corrected chi connectivity index (χ4v) is 3.50. The van der Waals surface area contributed by atoms with E-state index >= 15 is 0 Å². The Hall–Kier alpha value is -3.55. The summed E-state index contributed by atoms with van der Waals surface area (Å²) in [4.78, 5) is 21.6. The molecule has 2 N–H and O–H groups in total. The monoisotopic (exact) mass is 449 g/mol. The Balaban J connectivity index is 2.22. The highest BCUT2D eigenvalue weighted by molar-refractivity contribution is 7.86. The molecule has 0 atom stereocenters. The van der Waals surface area contributed by atoms with Crippen LogP contribution >= 0.6 is 12.9 Å². The number of thiol groups is 1. The van der Waals surface area contributed by atoms with Crippen LogP contribution in [-0.2, 0) is 14.3 Å². The van der Waals surface area contributed by atoms with Crippen molar-refractivity contribution in [3.8, 4) is 5.75 Å². The zero-order valence-corrected chi connectivity index (χ0v) is 16.4. The summed E-state index contributed by atoms with van der Waals surface area (Å²) in [6, 6.07) is 9.49. The average Bonchev–Trinajstić information content (AvgIpc) is 2.71. The summed E-state index contributed by atoms with van der Waals surface area (Å²) in [6.45, 7) is 0. The molecule has 30 heavy (non-hydrogen) atoms. The molecule has 0 saturated heterocycles. The molecule has 0 aliphatic heterocycles. The first kappa shape index (κ1) is 21.2. The van der Waals surface area contributed by atoms with Crippen molar-refractivity contribution in [1.29, 1.82) is 0 Å². The summed E-state index contributed by atoms with van der Waals surface area (Å²) in [5.74, 6) is -1.28. The second kappa shape index (κ2) is 8.06. The summed E-state index contributed by atoms with van der Waals surface area (Å²) in [7, 11) is -4.66. The highest BCUT2D eigenvalue weighted by Gasteiger charge is 2.20. The highest BCUT2D eigenvalue weighted by Crippen LogP contribution is 2.38. The standard InChI is InChI=1S/C17H11N3O8S2/c21-14-7-6-13(16-10(14)2-1-3-15(16)30(25,26)27)19-18-12-5-4-9(20(23)24)8-11(12)17(22)28-29/h1-8,21,29H,(H,25,26,27). The van der Waals surface area contributed by atoms with E-state index in [1.165, 1.54) is 24.3 Å². The van der Waals surface area contributed by atoms with Crippen molar-refractivity contribution in [2.75, 3.05) is 0 Å². The number of carbonyl (C=O) groups is 1. The third kappa shape index (κ3) is 4.07. The van der Waals surface area contributed by atoms with Gasteiger partial charge >= 0.3 is 5.97 Å². The van der Waals surface area contributed by atoms with Crippen LogP contribution in [0.1, 0.15) is 10.4 Å². The third-order valence-electron chi connectivity index (χ3n) is 3.99. The second-order valence-corrected chi connectivity index (χ2v) is 7.37. The Labute approximate surface area is 174 Å². The number of nitrogens with zero attached hydrogens (tertiary/aromatic N) is 3. The van der Waals surface area contributed by atoms with E-state index in [0.29, 0.717) is 0 Å². The molecule has 0 aromatic heterocycles. The van der Waals surface area contributed by atoms with Gasteiger partial charge in [0.2, 0.25) is 0 Å². The van der Waals surface area contributed by atoms with E-state index in [2.05, 4.69) is 27.3 Å².